The average Bonchev–Trinajstić information content (AvgIpc) is 2.82. The summed E-state index contributed by atoms with van der Waals surface area (Å²) in [5.41, 5.74) is 3.94. The van der Waals surface area contributed by atoms with E-state index in [1.165, 1.54) is 5.56 Å². The van der Waals surface area contributed by atoms with Gasteiger partial charge in [-0.1, -0.05) is 57.2 Å². The molecule has 1 heterocycles. The Morgan fingerprint density at radius 3 is 2.42 bits per heavy atom. The summed E-state index contributed by atoms with van der Waals surface area (Å²) in [5.74, 6) is 1.52. The highest BCUT2D eigenvalue weighted by atomic mass is 32.1. The second-order valence-electron chi connectivity index (χ2n) is 10.9. The van der Waals surface area contributed by atoms with Crippen LogP contribution in [0.1, 0.15) is 74.1 Å². The Bertz CT molecular complexity index is 1280. The third kappa shape index (κ3) is 5.88. The minimum absolute atomic E-state index is 0.0213. The van der Waals surface area contributed by atoms with Crippen LogP contribution in [0.2, 0.25) is 0 Å². The normalized spacial score (nSPS) is 16.3. The molecule has 6 heteroatoms. The first kappa shape index (κ1) is 25.7. The van der Waals surface area contributed by atoms with Gasteiger partial charge in [0.2, 0.25) is 0 Å². The van der Waals surface area contributed by atoms with Gasteiger partial charge in [-0.25, -0.2) is 0 Å². The second kappa shape index (κ2) is 9.94. The van der Waals surface area contributed by atoms with Crippen LogP contribution in [0.4, 0.5) is 5.69 Å². The van der Waals surface area contributed by atoms with Crippen molar-refractivity contribution < 1.29 is 14.3 Å². The van der Waals surface area contributed by atoms with E-state index in [-0.39, 0.29) is 22.8 Å². The van der Waals surface area contributed by atoms with Crippen molar-refractivity contribution in [1.29, 1.82) is 0 Å². The van der Waals surface area contributed by atoms with Gasteiger partial charge in [-0.15, -0.1) is 0 Å². The molecular weight excluding hydrogens is 468 g/mol. The second-order valence-corrected chi connectivity index (χ2v) is 11.3. The molecule has 0 aliphatic carbocycles. The molecule has 3 aromatic carbocycles. The molecule has 2 N–H and O–H groups in total. The fraction of sp³-hybridized carbons (Fsp3) is 0.333. The maximum absolute atomic E-state index is 13.1. The number of anilines is 1. The van der Waals surface area contributed by atoms with Gasteiger partial charge < -0.3 is 20.1 Å². The molecule has 0 saturated heterocycles. The van der Waals surface area contributed by atoms with Gasteiger partial charge in [-0.3, -0.25) is 4.79 Å². The summed E-state index contributed by atoms with van der Waals surface area (Å²) in [6.45, 7) is 10.6. The Morgan fingerprint density at radius 2 is 1.75 bits per heavy atom. The number of carbonyl (C=O) groups excluding carboxylic acids is 1. The van der Waals surface area contributed by atoms with Crippen molar-refractivity contribution in [3.8, 4) is 11.5 Å². The molecule has 1 atom stereocenters. The number of fused-ring (bicyclic) bond motifs is 1. The minimum Gasteiger partial charge on any atom is -0.497 e. The first-order valence-corrected chi connectivity index (χ1v) is 12.6. The van der Waals surface area contributed by atoms with Crippen LogP contribution in [-0.2, 0) is 5.41 Å². The molecule has 3 aromatic rings. The van der Waals surface area contributed by atoms with Crippen LogP contribution in [0.3, 0.4) is 0 Å². The zero-order valence-electron chi connectivity index (χ0n) is 21.8. The third-order valence-corrected chi connectivity index (χ3v) is 6.60. The first-order valence-electron chi connectivity index (χ1n) is 12.1. The van der Waals surface area contributed by atoms with Crippen LogP contribution >= 0.6 is 12.2 Å². The number of hydrogen-bond acceptors (Lipinski definition) is 4. The summed E-state index contributed by atoms with van der Waals surface area (Å²) in [7, 11) is 1.64. The predicted octanol–water partition coefficient (Wildman–Crippen LogP) is 6.81. The monoisotopic (exact) mass is 502 g/mol. The molecule has 0 radical (unpaired) electrons. The van der Waals surface area contributed by atoms with Crippen molar-refractivity contribution in [3.63, 3.8) is 0 Å². The van der Waals surface area contributed by atoms with E-state index in [1.54, 1.807) is 7.11 Å². The molecule has 1 aliphatic rings. The summed E-state index contributed by atoms with van der Waals surface area (Å²) < 4.78 is 11.5. The van der Waals surface area contributed by atoms with Gasteiger partial charge >= 0.3 is 0 Å². The van der Waals surface area contributed by atoms with Gasteiger partial charge in [0.1, 0.15) is 17.1 Å². The molecule has 36 heavy (non-hydrogen) atoms. The largest absolute Gasteiger partial charge is 0.497 e. The quantitative estimate of drug-likeness (QED) is 0.295. The van der Waals surface area contributed by atoms with Crippen LogP contribution in [0.25, 0.3) is 0 Å². The van der Waals surface area contributed by atoms with Crippen molar-refractivity contribution in [2.45, 2.75) is 58.1 Å². The fourth-order valence-electron chi connectivity index (χ4n) is 4.44. The molecule has 0 amide bonds. The lowest BCUT2D eigenvalue weighted by Crippen LogP contribution is -2.42. The van der Waals surface area contributed by atoms with Crippen LogP contribution < -0.4 is 20.1 Å². The number of benzene rings is 3. The van der Waals surface area contributed by atoms with Crippen LogP contribution in [0, 0.1) is 0 Å². The molecule has 5 nitrogen and oxygen atoms in total. The van der Waals surface area contributed by atoms with Crippen molar-refractivity contribution in [2.24, 2.45) is 0 Å². The highest BCUT2D eigenvalue weighted by Crippen LogP contribution is 2.41. The van der Waals surface area contributed by atoms with E-state index >= 15 is 0 Å². The van der Waals surface area contributed by atoms with Gasteiger partial charge in [0.05, 0.1) is 13.2 Å². The lowest BCUT2D eigenvalue weighted by molar-refractivity contribution is 0.0693. The van der Waals surface area contributed by atoms with E-state index in [2.05, 4.69) is 45.3 Å². The zero-order valence-corrected chi connectivity index (χ0v) is 22.6. The first-order chi connectivity index (χ1) is 16.9. The van der Waals surface area contributed by atoms with E-state index < -0.39 is 0 Å². The van der Waals surface area contributed by atoms with Crippen LogP contribution in [0.5, 0.6) is 11.5 Å². The summed E-state index contributed by atoms with van der Waals surface area (Å²) >= 11 is 5.65. The topological polar surface area (TPSA) is 59.6 Å². The van der Waals surface area contributed by atoms with Gasteiger partial charge in [0, 0.05) is 34.9 Å². The number of ether oxygens (including phenoxy) is 2. The maximum Gasteiger partial charge on any atom is 0.193 e. The van der Waals surface area contributed by atoms with Gasteiger partial charge in [-0.05, 0) is 61.3 Å². The van der Waals surface area contributed by atoms with E-state index in [1.807, 2.05) is 66.7 Å². The summed E-state index contributed by atoms with van der Waals surface area (Å²) in [6, 6.07) is 21.1. The Labute approximate surface area is 219 Å². The highest BCUT2D eigenvalue weighted by Gasteiger charge is 2.34. The molecular formula is C30H34N2O3S. The van der Waals surface area contributed by atoms with E-state index in [0.29, 0.717) is 16.2 Å². The minimum atomic E-state index is -0.360. The van der Waals surface area contributed by atoms with Gasteiger partial charge in [-0.2, -0.15) is 0 Å². The SMILES string of the molecule is COc1ccc2c(c1)OC(C)(C)C[C@@H]2NC(=S)Nc1cccc(C(=O)c2ccc(C(C)(C)C)cc2)c1. The van der Waals surface area contributed by atoms with Crippen LogP contribution in [-0.4, -0.2) is 23.6 Å². The number of ketones is 1. The third-order valence-electron chi connectivity index (χ3n) is 6.38. The Kier molecular flexibility index (Phi) is 7.10. The lowest BCUT2D eigenvalue weighted by atomic mass is 9.86. The Morgan fingerprint density at radius 1 is 1.03 bits per heavy atom. The zero-order chi connectivity index (χ0) is 26.1. The molecule has 1 aliphatic heterocycles. The van der Waals surface area contributed by atoms with E-state index in [4.69, 9.17) is 21.7 Å². The molecule has 0 bridgehead atoms. The van der Waals surface area contributed by atoms with E-state index in [9.17, 15) is 4.79 Å². The average molecular weight is 503 g/mol. The number of hydrogen-bond donors (Lipinski definition) is 2. The standard InChI is InChI=1S/C30H34N2O3S/c1-29(2,3)21-12-10-19(11-13-21)27(33)20-8-7-9-22(16-20)31-28(36)32-25-18-30(4,5)35-26-17-23(34-6)14-15-24(25)26/h7-17,25H,18H2,1-6H3,(H2,31,32,36)/t25-/m0/s1. The van der Waals surface area contributed by atoms with Crippen molar-refractivity contribution in [3.05, 3.63) is 89.0 Å². The van der Waals surface area contributed by atoms with Gasteiger partial charge in [0.25, 0.3) is 0 Å². The predicted molar refractivity (Wildman–Crippen MR) is 149 cm³/mol. The maximum atomic E-state index is 13.1. The summed E-state index contributed by atoms with van der Waals surface area (Å²) in [5, 5.41) is 7.16. The molecule has 0 saturated carbocycles. The van der Waals surface area contributed by atoms with Crippen LogP contribution in [0.15, 0.2) is 66.7 Å². The highest BCUT2D eigenvalue weighted by molar-refractivity contribution is 7.80. The summed E-state index contributed by atoms with van der Waals surface area (Å²) in [6.07, 6.45) is 0.747. The lowest BCUT2D eigenvalue weighted by Gasteiger charge is -2.38. The summed E-state index contributed by atoms with van der Waals surface area (Å²) in [4.78, 5) is 13.1. The molecule has 188 valence electrons. The molecule has 0 spiro atoms. The van der Waals surface area contributed by atoms with E-state index in [0.717, 1.165) is 29.2 Å². The Balaban J connectivity index is 1.47. The van der Waals surface area contributed by atoms with Crippen molar-refractivity contribution >= 4 is 28.8 Å². The molecule has 0 aromatic heterocycles. The number of carbonyl (C=O) groups is 1. The molecule has 4 rings (SSSR count). The number of rotatable bonds is 5. The smallest absolute Gasteiger partial charge is 0.193 e. The number of nitrogens with one attached hydrogen (secondary N) is 2. The van der Waals surface area contributed by atoms with Crippen molar-refractivity contribution in [1.82, 2.24) is 5.32 Å². The Hall–Kier alpha value is -3.38. The fourth-order valence-corrected chi connectivity index (χ4v) is 4.70. The molecule has 0 unspecified atom stereocenters. The number of methoxy groups -OCH3 is 1. The molecule has 0 fully saturated rings. The van der Waals surface area contributed by atoms with Crippen molar-refractivity contribution in [2.75, 3.05) is 12.4 Å². The van der Waals surface area contributed by atoms with Gasteiger partial charge in [0.15, 0.2) is 10.9 Å². The number of thiocarbonyl (C=S) groups is 1.